The molecule has 22 heavy (non-hydrogen) atoms. The number of halogens is 2. The minimum atomic E-state index is -0.283. The molecule has 0 saturated heterocycles. The van der Waals surface area contributed by atoms with E-state index in [4.69, 9.17) is 16.7 Å². The van der Waals surface area contributed by atoms with Crippen LogP contribution in [-0.4, -0.2) is 16.0 Å². The fourth-order valence-corrected chi connectivity index (χ4v) is 3.56. The van der Waals surface area contributed by atoms with E-state index in [9.17, 15) is 4.79 Å². The Balaban J connectivity index is 1.87. The summed E-state index contributed by atoms with van der Waals surface area (Å²) in [4.78, 5) is 16.6. The van der Waals surface area contributed by atoms with Crippen LogP contribution in [0.15, 0.2) is 40.9 Å². The lowest BCUT2D eigenvalue weighted by Gasteiger charge is -2.07. The minimum Gasteiger partial charge on any atom is -0.389 e. The maximum Gasteiger partial charge on any atom is 0.257 e. The predicted octanol–water partition coefficient (Wildman–Crippen LogP) is 4.46. The van der Waals surface area contributed by atoms with Crippen LogP contribution < -0.4 is 5.32 Å². The first-order valence-corrected chi connectivity index (χ1v) is 8.32. The van der Waals surface area contributed by atoms with Crippen LogP contribution in [0.4, 0.5) is 5.69 Å². The van der Waals surface area contributed by atoms with Gasteiger partial charge in [0.2, 0.25) is 0 Å². The van der Waals surface area contributed by atoms with Crippen LogP contribution in [0.5, 0.6) is 0 Å². The van der Waals surface area contributed by atoms with E-state index >= 15 is 0 Å². The second-order valence-corrected chi connectivity index (χ2v) is 6.96. The Bertz CT molecular complexity index is 866. The van der Waals surface area contributed by atoms with E-state index < -0.39 is 0 Å². The fourth-order valence-electron chi connectivity index (χ4n) is 1.99. The van der Waals surface area contributed by atoms with Gasteiger partial charge in [-0.25, -0.2) is 4.98 Å². The highest BCUT2D eigenvalue weighted by Crippen LogP contribution is 2.26. The Labute approximate surface area is 143 Å². The minimum absolute atomic E-state index is 0.0878. The number of nitrogens with one attached hydrogen (secondary N) is 1. The number of thiazole rings is 1. The van der Waals surface area contributed by atoms with Crippen molar-refractivity contribution in [3.8, 4) is 0 Å². The first-order chi connectivity index (χ1) is 10.6. The number of rotatable bonds is 3. The third-order valence-corrected chi connectivity index (χ3v) is 4.83. The number of aliphatic hydroxyl groups is 1. The van der Waals surface area contributed by atoms with Crippen molar-refractivity contribution >= 4 is 60.7 Å². The van der Waals surface area contributed by atoms with Crippen LogP contribution in [0, 0.1) is 0 Å². The molecule has 3 aromatic rings. The number of aromatic nitrogens is 1. The van der Waals surface area contributed by atoms with E-state index in [0.717, 1.165) is 14.7 Å². The molecule has 0 atom stereocenters. The lowest BCUT2D eigenvalue weighted by molar-refractivity contribution is 0.102. The molecule has 0 saturated carbocycles. The summed E-state index contributed by atoms with van der Waals surface area (Å²) in [5, 5.41) is 12.9. The molecule has 7 heteroatoms. The quantitative estimate of drug-likeness (QED) is 0.686. The van der Waals surface area contributed by atoms with Gasteiger partial charge in [0.05, 0.1) is 27.4 Å². The molecule has 0 spiro atoms. The number of anilines is 1. The second kappa shape index (κ2) is 6.34. The van der Waals surface area contributed by atoms with Crippen molar-refractivity contribution < 1.29 is 9.90 Å². The van der Waals surface area contributed by atoms with Crippen molar-refractivity contribution in [3.63, 3.8) is 0 Å². The fraction of sp³-hybridized carbons (Fsp3) is 0.0667. The molecular formula is C15H10BrClN2O2S. The number of hydrogen-bond acceptors (Lipinski definition) is 4. The summed E-state index contributed by atoms with van der Waals surface area (Å²) < 4.78 is 1.78. The van der Waals surface area contributed by atoms with Crippen molar-refractivity contribution in [2.75, 3.05) is 5.32 Å². The number of amides is 1. The molecule has 1 amide bonds. The van der Waals surface area contributed by atoms with Crippen LogP contribution in [0.1, 0.15) is 15.4 Å². The summed E-state index contributed by atoms with van der Waals surface area (Å²) in [6.07, 6.45) is 0. The number of benzene rings is 2. The van der Waals surface area contributed by atoms with Crippen molar-refractivity contribution in [2.45, 2.75) is 6.61 Å². The first-order valence-electron chi connectivity index (χ1n) is 6.33. The van der Waals surface area contributed by atoms with Gasteiger partial charge in [0, 0.05) is 10.2 Å². The van der Waals surface area contributed by atoms with Gasteiger partial charge in [-0.15, -0.1) is 11.3 Å². The molecule has 112 valence electrons. The first kappa shape index (κ1) is 15.4. The van der Waals surface area contributed by atoms with Gasteiger partial charge in [-0.1, -0.05) is 27.5 Å². The highest BCUT2D eigenvalue weighted by molar-refractivity contribution is 9.10. The predicted molar refractivity (Wildman–Crippen MR) is 92.6 cm³/mol. The van der Waals surface area contributed by atoms with E-state index in [1.807, 2.05) is 6.07 Å². The van der Waals surface area contributed by atoms with Gasteiger partial charge in [-0.3, -0.25) is 4.79 Å². The third kappa shape index (κ3) is 3.15. The molecule has 0 bridgehead atoms. The normalized spacial score (nSPS) is 10.9. The van der Waals surface area contributed by atoms with E-state index in [-0.39, 0.29) is 12.5 Å². The van der Waals surface area contributed by atoms with Gasteiger partial charge >= 0.3 is 0 Å². The molecule has 0 unspecified atom stereocenters. The average molecular weight is 398 g/mol. The van der Waals surface area contributed by atoms with Gasteiger partial charge < -0.3 is 10.4 Å². The molecule has 2 N–H and O–H groups in total. The topological polar surface area (TPSA) is 62.2 Å². The van der Waals surface area contributed by atoms with Gasteiger partial charge in [0.25, 0.3) is 5.91 Å². The smallest absolute Gasteiger partial charge is 0.257 e. The zero-order chi connectivity index (χ0) is 15.7. The maximum atomic E-state index is 12.3. The van der Waals surface area contributed by atoms with E-state index in [0.29, 0.717) is 21.3 Å². The molecule has 0 aliphatic heterocycles. The average Bonchev–Trinajstić information content (AvgIpc) is 2.89. The summed E-state index contributed by atoms with van der Waals surface area (Å²) in [6, 6.07) is 10.5. The number of carbonyl (C=O) groups excluding carboxylic acids is 1. The monoisotopic (exact) mass is 396 g/mol. The maximum absolute atomic E-state index is 12.3. The standard InChI is InChI=1S/C15H10BrClN2O2S/c16-8-1-3-10(11(17)5-8)15(21)18-9-2-4-13-12(6-9)19-14(7-20)22-13/h1-6,20H,7H2,(H,18,21). The number of fused-ring (bicyclic) bond motifs is 1. The Hall–Kier alpha value is -1.47. The van der Waals surface area contributed by atoms with Crippen LogP contribution in [-0.2, 0) is 6.61 Å². The molecule has 0 aliphatic carbocycles. The van der Waals surface area contributed by atoms with E-state index in [1.54, 1.807) is 30.3 Å². The molecule has 2 aromatic carbocycles. The summed E-state index contributed by atoms with van der Waals surface area (Å²) in [6.45, 7) is -0.0878. The summed E-state index contributed by atoms with van der Waals surface area (Å²) >= 11 is 10.8. The van der Waals surface area contributed by atoms with Gasteiger partial charge in [0.1, 0.15) is 5.01 Å². The van der Waals surface area contributed by atoms with Crippen LogP contribution in [0.2, 0.25) is 5.02 Å². The van der Waals surface area contributed by atoms with Crippen LogP contribution >= 0.6 is 38.9 Å². The Morgan fingerprint density at radius 2 is 2.14 bits per heavy atom. The van der Waals surface area contributed by atoms with Crippen LogP contribution in [0.25, 0.3) is 10.2 Å². The number of hydrogen-bond donors (Lipinski definition) is 2. The molecule has 0 fully saturated rings. The van der Waals surface area contributed by atoms with Crippen molar-refractivity contribution in [1.82, 2.24) is 4.98 Å². The largest absolute Gasteiger partial charge is 0.389 e. The second-order valence-electron chi connectivity index (χ2n) is 4.53. The summed E-state index contributed by atoms with van der Waals surface area (Å²) in [5.74, 6) is -0.283. The van der Waals surface area contributed by atoms with Crippen molar-refractivity contribution in [2.24, 2.45) is 0 Å². The molecule has 0 aliphatic rings. The zero-order valence-electron chi connectivity index (χ0n) is 11.1. The highest BCUT2D eigenvalue weighted by atomic mass is 79.9. The van der Waals surface area contributed by atoms with Crippen molar-refractivity contribution in [3.05, 3.63) is 56.5 Å². The molecule has 1 aromatic heterocycles. The van der Waals surface area contributed by atoms with Crippen LogP contribution in [0.3, 0.4) is 0 Å². The van der Waals surface area contributed by atoms with E-state index in [1.165, 1.54) is 11.3 Å². The zero-order valence-corrected chi connectivity index (χ0v) is 14.3. The molecule has 4 nitrogen and oxygen atoms in total. The summed E-state index contributed by atoms with van der Waals surface area (Å²) in [5.41, 5.74) is 1.78. The Morgan fingerprint density at radius 1 is 1.32 bits per heavy atom. The molecule has 0 radical (unpaired) electrons. The Morgan fingerprint density at radius 3 is 2.86 bits per heavy atom. The highest BCUT2D eigenvalue weighted by Gasteiger charge is 2.12. The van der Waals surface area contributed by atoms with Gasteiger partial charge in [-0.2, -0.15) is 0 Å². The molecule has 3 rings (SSSR count). The number of nitrogens with zero attached hydrogens (tertiary/aromatic N) is 1. The van der Waals surface area contributed by atoms with Gasteiger partial charge in [-0.05, 0) is 36.4 Å². The third-order valence-electron chi connectivity index (χ3n) is 3.00. The number of aliphatic hydroxyl groups excluding tert-OH is 1. The van der Waals surface area contributed by atoms with Crippen molar-refractivity contribution in [1.29, 1.82) is 0 Å². The molecular weight excluding hydrogens is 388 g/mol. The SMILES string of the molecule is O=C(Nc1ccc2sc(CO)nc2c1)c1ccc(Br)cc1Cl. The Kier molecular flexibility index (Phi) is 4.44. The lowest BCUT2D eigenvalue weighted by Crippen LogP contribution is -2.12. The summed E-state index contributed by atoms with van der Waals surface area (Å²) in [7, 11) is 0. The lowest BCUT2D eigenvalue weighted by atomic mass is 10.2. The molecule has 1 heterocycles. The van der Waals surface area contributed by atoms with E-state index in [2.05, 4.69) is 26.2 Å². The number of carbonyl (C=O) groups is 1. The van der Waals surface area contributed by atoms with Gasteiger partial charge in [0.15, 0.2) is 0 Å².